The Hall–Kier alpha value is -1.65. The Labute approximate surface area is 129 Å². The first-order chi connectivity index (χ1) is 10.3. The third-order valence-corrected chi connectivity index (χ3v) is 5.00. The van der Waals surface area contributed by atoms with Gasteiger partial charge in [-0.2, -0.15) is 0 Å². The molecular formula is C15H20O6P. The summed E-state index contributed by atoms with van der Waals surface area (Å²) in [4.78, 5) is 31.5. The Morgan fingerprint density at radius 2 is 1.82 bits per heavy atom. The molecule has 0 bridgehead atoms. The largest absolute Gasteiger partial charge is 0.481 e. The topological polar surface area (TPSA) is 112 Å². The zero-order chi connectivity index (χ0) is 16.6. The van der Waals surface area contributed by atoms with E-state index in [4.69, 9.17) is 5.11 Å². The first-order valence-corrected chi connectivity index (χ1v) is 8.94. The molecule has 0 aromatic heterocycles. The van der Waals surface area contributed by atoms with Crippen molar-refractivity contribution in [2.45, 2.75) is 19.3 Å². The summed E-state index contributed by atoms with van der Waals surface area (Å²) in [7, 11) is -3.63. The summed E-state index contributed by atoms with van der Waals surface area (Å²) in [6, 6.07) is 8.93. The average molecular weight is 327 g/mol. The normalized spacial score (nSPS) is 15.0. The first-order valence-electron chi connectivity index (χ1n) is 6.91. The molecule has 1 radical (unpaired) electrons. The molecular weight excluding hydrogens is 307 g/mol. The van der Waals surface area contributed by atoms with E-state index >= 15 is 0 Å². The number of hydrogen-bond acceptors (Lipinski definition) is 3. The summed E-state index contributed by atoms with van der Waals surface area (Å²) in [6.07, 6.45) is 1.23. The molecule has 1 rings (SSSR count). The molecule has 2 atom stereocenters. The van der Waals surface area contributed by atoms with Crippen LogP contribution in [-0.2, 0) is 20.6 Å². The van der Waals surface area contributed by atoms with E-state index in [2.05, 4.69) is 0 Å². The van der Waals surface area contributed by atoms with Gasteiger partial charge >= 0.3 is 11.9 Å². The van der Waals surface area contributed by atoms with Gasteiger partial charge in [0.25, 0.3) is 0 Å². The van der Waals surface area contributed by atoms with Crippen LogP contribution >= 0.6 is 7.37 Å². The molecule has 121 valence electrons. The zero-order valence-corrected chi connectivity index (χ0v) is 13.0. The number of unbranched alkanes of at least 4 members (excludes halogenated alkanes) is 1. The molecule has 7 heteroatoms. The average Bonchev–Trinajstić information content (AvgIpc) is 2.43. The van der Waals surface area contributed by atoms with Crippen LogP contribution in [0, 0.1) is 12.3 Å². The van der Waals surface area contributed by atoms with Gasteiger partial charge in [0.2, 0.25) is 7.37 Å². The molecule has 0 saturated carbocycles. The van der Waals surface area contributed by atoms with Crippen LogP contribution in [0.4, 0.5) is 0 Å². The Morgan fingerprint density at radius 3 is 2.36 bits per heavy atom. The summed E-state index contributed by atoms with van der Waals surface area (Å²) < 4.78 is 12.1. The lowest BCUT2D eigenvalue weighted by atomic mass is 10.0. The van der Waals surface area contributed by atoms with Crippen LogP contribution in [0.25, 0.3) is 0 Å². The quantitative estimate of drug-likeness (QED) is 0.449. The van der Waals surface area contributed by atoms with E-state index in [-0.39, 0.29) is 31.6 Å². The van der Waals surface area contributed by atoms with Crippen LogP contribution in [0.5, 0.6) is 0 Å². The minimum Gasteiger partial charge on any atom is -0.481 e. The number of rotatable bonds is 10. The molecule has 0 aliphatic carbocycles. The molecule has 0 spiro atoms. The summed E-state index contributed by atoms with van der Waals surface area (Å²) >= 11 is 0. The Bertz CT molecular complexity index is 542. The van der Waals surface area contributed by atoms with E-state index in [9.17, 15) is 24.2 Å². The highest BCUT2D eigenvalue weighted by atomic mass is 31.2. The standard InChI is InChI=1S/C15H20O6P/c16-14(17)8-4-5-9-22(20,21)11-13(15(18)19)10-12-6-2-1-3-7-12/h1-3,5-7,13H,4,8-11H2,(H,16,17)(H,18,19)(H,20,21). The van der Waals surface area contributed by atoms with Crippen LogP contribution in [0.2, 0.25) is 0 Å². The molecule has 2 unspecified atom stereocenters. The van der Waals surface area contributed by atoms with Crippen molar-refractivity contribution >= 4 is 19.3 Å². The Kier molecular flexibility index (Phi) is 7.28. The van der Waals surface area contributed by atoms with Crippen molar-refractivity contribution in [2.24, 2.45) is 5.92 Å². The predicted octanol–water partition coefficient (Wildman–Crippen LogP) is 2.27. The van der Waals surface area contributed by atoms with Crippen LogP contribution in [0.15, 0.2) is 30.3 Å². The summed E-state index contributed by atoms with van der Waals surface area (Å²) in [5.74, 6) is -3.02. The maximum atomic E-state index is 12.1. The third-order valence-electron chi connectivity index (χ3n) is 3.16. The van der Waals surface area contributed by atoms with Crippen molar-refractivity contribution in [2.75, 3.05) is 12.3 Å². The van der Waals surface area contributed by atoms with E-state index < -0.39 is 25.2 Å². The van der Waals surface area contributed by atoms with Gasteiger partial charge in [0, 0.05) is 18.7 Å². The monoisotopic (exact) mass is 327 g/mol. The number of carbonyl (C=O) groups is 2. The molecule has 0 heterocycles. The molecule has 22 heavy (non-hydrogen) atoms. The lowest BCUT2D eigenvalue weighted by molar-refractivity contribution is -0.141. The zero-order valence-electron chi connectivity index (χ0n) is 12.1. The van der Waals surface area contributed by atoms with Crippen molar-refractivity contribution in [3.05, 3.63) is 42.3 Å². The van der Waals surface area contributed by atoms with Gasteiger partial charge in [0.15, 0.2) is 0 Å². The molecule has 0 saturated heterocycles. The second-order valence-corrected chi connectivity index (χ2v) is 7.58. The molecule has 0 amide bonds. The predicted molar refractivity (Wildman–Crippen MR) is 82.0 cm³/mol. The van der Waals surface area contributed by atoms with Gasteiger partial charge in [-0.25, -0.2) is 0 Å². The molecule has 3 N–H and O–H groups in total. The molecule has 6 nitrogen and oxygen atoms in total. The fraction of sp³-hybridized carbons (Fsp3) is 0.400. The first kappa shape index (κ1) is 18.4. The number of carboxylic acid groups (broad SMARTS) is 2. The highest BCUT2D eigenvalue weighted by Crippen LogP contribution is 2.43. The number of benzene rings is 1. The van der Waals surface area contributed by atoms with Gasteiger partial charge in [0.1, 0.15) is 0 Å². The van der Waals surface area contributed by atoms with Gasteiger partial charge < -0.3 is 15.1 Å². The highest BCUT2D eigenvalue weighted by molar-refractivity contribution is 7.58. The lowest BCUT2D eigenvalue weighted by Crippen LogP contribution is -2.21. The molecule has 0 aliphatic heterocycles. The number of aliphatic carboxylic acids is 2. The lowest BCUT2D eigenvalue weighted by Gasteiger charge is -2.17. The second-order valence-electron chi connectivity index (χ2n) is 5.16. The Morgan fingerprint density at radius 1 is 1.18 bits per heavy atom. The van der Waals surface area contributed by atoms with Gasteiger partial charge in [-0.1, -0.05) is 30.3 Å². The van der Waals surface area contributed by atoms with Crippen LogP contribution in [-0.4, -0.2) is 39.4 Å². The molecule has 0 fully saturated rings. The van der Waals surface area contributed by atoms with E-state index in [1.807, 2.05) is 6.07 Å². The SMILES string of the molecule is O=C(O)CC[CH]CP(=O)(O)CC(Cc1ccccc1)C(=O)O. The number of carboxylic acids is 2. The summed E-state index contributed by atoms with van der Waals surface area (Å²) in [6.45, 7) is 0. The van der Waals surface area contributed by atoms with Crippen molar-refractivity contribution in [1.82, 2.24) is 0 Å². The van der Waals surface area contributed by atoms with E-state index in [1.54, 1.807) is 24.3 Å². The fourth-order valence-corrected chi connectivity index (χ4v) is 3.78. The molecule has 1 aromatic carbocycles. The fourth-order valence-electron chi connectivity index (χ4n) is 2.07. The Balaban J connectivity index is 2.56. The highest BCUT2D eigenvalue weighted by Gasteiger charge is 2.28. The van der Waals surface area contributed by atoms with Gasteiger partial charge in [-0.05, 0) is 24.8 Å². The van der Waals surface area contributed by atoms with E-state index in [1.165, 1.54) is 6.42 Å². The van der Waals surface area contributed by atoms with Crippen molar-refractivity contribution in [1.29, 1.82) is 0 Å². The van der Waals surface area contributed by atoms with E-state index in [0.717, 1.165) is 5.56 Å². The smallest absolute Gasteiger partial charge is 0.307 e. The second kappa shape index (κ2) is 8.71. The van der Waals surface area contributed by atoms with Crippen molar-refractivity contribution < 1.29 is 29.3 Å². The van der Waals surface area contributed by atoms with Gasteiger partial charge in [-0.15, -0.1) is 0 Å². The minimum absolute atomic E-state index is 0.105. The van der Waals surface area contributed by atoms with Crippen LogP contribution in [0.3, 0.4) is 0 Å². The number of hydrogen-bond donors (Lipinski definition) is 3. The van der Waals surface area contributed by atoms with Crippen molar-refractivity contribution in [3.63, 3.8) is 0 Å². The summed E-state index contributed by atoms with van der Waals surface area (Å²) in [5.41, 5.74) is 0.796. The maximum absolute atomic E-state index is 12.1. The van der Waals surface area contributed by atoms with Crippen molar-refractivity contribution in [3.8, 4) is 0 Å². The van der Waals surface area contributed by atoms with Gasteiger partial charge in [-0.3, -0.25) is 14.2 Å². The molecule has 1 aromatic rings. The van der Waals surface area contributed by atoms with Crippen LogP contribution in [0.1, 0.15) is 18.4 Å². The minimum atomic E-state index is -3.63. The summed E-state index contributed by atoms with van der Waals surface area (Å²) in [5, 5.41) is 17.7. The van der Waals surface area contributed by atoms with E-state index in [0.29, 0.717) is 0 Å². The third kappa shape index (κ3) is 7.38. The molecule has 0 aliphatic rings. The van der Waals surface area contributed by atoms with Gasteiger partial charge in [0.05, 0.1) is 5.92 Å². The maximum Gasteiger partial charge on any atom is 0.307 e. The van der Waals surface area contributed by atoms with Crippen LogP contribution < -0.4 is 0 Å².